The highest BCUT2D eigenvalue weighted by Gasteiger charge is 2.14. The number of furan rings is 1. The lowest BCUT2D eigenvalue weighted by molar-refractivity contribution is 0.0629. The van der Waals surface area contributed by atoms with Gasteiger partial charge in [-0.15, -0.1) is 0 Å². The van der Waals surface area contributed by atoms with Gasteiger partial charge in [0, 0.05) is 6.61 Å². The first-order valence-electron chi connectivity index (χ1n) is 6.56. The smallest absolute Gasteiger partial charge is 0.339 e. The van der Waals surface area contributed by atoms with Crippen LogP contribution in [0.5, 0.6) is 0 Å². The van der Waals surface area contributed by atoms with Crippen molar-refractivity contribution in [1.29, 1.82) is 0 Å². The Balaban J connectivity index is 2.35. The summed E-state index contributed by atoms with van der Waals surface area (Å²) in [6, 6.07) is 1.45. The molecule has 0 amide bonds. The van der Waals surface area contributed by atoms with Gasteiger partial charge in [-0.05, 0) is 18.4 Å². The van der Waals surface area contributed by atoms with Gasteiger partial charge in [0.15, 0.2) is 0 Å². The van der Waals surface area contributed by atoms with Crippen molar-refractivity contribution in [3.05, 3.63) is 23.7 Å². The second-order valence-corrected chi connectivity index (χ2v) is 4.49. The van der Waals surface area contributed by atoms with Crippen molar-refractivity contribution >= 4 is 5.97 Å². The Hall–Kier alpha value is -1.29. The molecule has 0 aliphatic carbocycles. The summed E-state index contributed by atoms with van der Waals surface area (Å²) in [4.78, 5) is 10.9. The zero-order chi connectivity index (χ0) is 13.4. The standard InChI is InChI=1S/C14H22O4/c1-3-5-6-11(4-2)9-17-10-13-12(14(15)16)7-8-18-13/h7-8,11H,3-6,9-10H2,1-2H3,(H,15,16). The summed E-state index contributed by atoms with van der Waals surface area (Å²) in [5.41, 5.74) is 0.191. The van der Waals surface area contributed by atoms with Crippen molar-refractivity contribution in [1.82, 2.24) is 0 Å². The predicted octanol–water partition coefficient (Wildman–Crippen LogP) is 3.71. The van der Waals surface area contributed by atoms with Crippen molar-refractivity contribution in [3.8, 4) is 0 Å². The fraction of sp³-hybridized carbons (Fsp3) is 0.643. The molecule has 0 spiro atoms. The first kappa shape index (κ1) is 14.8. The molecular weight excluding hydrogens is 232 g/mol. The maximum atomic E-state index is 10.9. The molecule has 0 aliphatic heterocycles. The molecule has 1 atom stereocenters. The molecule has 18 heavy (non-hydrogen) atoms. The fourth-order valence-electron chi connectivity index (χ4n) is 1.86. The summed E-state index contributed by atoms with van der Waals surface area (Å²) in [5, 5.41) is 8.91. The maximum Gasteiger partial charge on any atom is 0.339 e. The van der Waals surface area contributed by atoms with E-state index in [1.807, 2.05) is 0 Å². The van der Waals surface area contributed by atoms with Gasteiger partial charge >= 0.3 is 5.97 Å². The van der Waals surface area contributed by atoms with Crippen molar-refractivity contribution in [2.45, 2.75) is 46.1 Å². The summed E-state index contributed by atoms with van der Waals surface area (Å²) in [5.74, 6) is -0.0265. The molecule has 1 N–H and O–H groups in total. The van der Waals surface area contributed by atoms with Gasteiger partial charge in [-0.2, -0.15) is 0 Å². The molecule has 0 saturated heterocycles. The molecule has 0 radical (unpaired) electrons. The van der Waals surface area contributed by atoms with Crippen LogP contribution in [-0.2, 0) is 11.3 Å². The minimum Gasteiger partial charge on any atom is -0.478 e. The lowest BCUT2D eigenvalue weighted by Crippen LogP contribution is -2.09. The summed E-state index contributed by atoms with van der Waals surface area (Å²) < 4.78 is 10.7. The molecule has 1 unspecified atom stereocenters. The van der Waals surface area contributed by atoms with E-state index in [2.05, 4.69) is 13.8 Å². The van der Waals surface area contributed by atoms with E-state index in [9.17, 15) is 4.79 Å². The van der Waals surface area contributed by atoms with Crippen LogP contribution in [0.15, 0.2) is 16.7 Å². The van der Waals surface area contributed by atoms with E-state index >= 15 is 0 Å². The van der Waals surface area contributed by atoms with E-state index in [0.717, 1.165) is 12.8 Å². The highest BCUT2D eigenvalue weighted by Crippen LogP contribution is 2.16. The zero-order valence-electron chi connectivity index (χ0n) is 11.1. The van der Waals surface area contributed by atoms with Crippen molar-refractivity contribution < 1.29 is 19.1 Å². The molecule has 0 aromatic carbocycles. The molecule has 102 valence electrons. The second-order valence-electron chi connectivity index (χ2n) is 4.49. The molecule has 0 aliphatic rings. The van der Waals surface area contributed by atoms with Crippen LogP contribution >= 0.6 is 0 Å². The first-order chi connectivity index (χ1) is 8.69. The normalized spacial score (nSPS) is 12.6. The number of rotatable bonds is 9. The lowest BCUT2D eigenvalue weighted by atomic mass is 10.0. The minimum absolute atomic E-state index is 0.191. The minimum atomic E-state index is -0.972. The number of carboxylic acids is 1. The van der Waals surface area contributed by atoms with Crippen LogP contribution in [-0.4, -0.2) is 17.7 Å². The Labute approximate surface area is 108 Å². The molecule has 1 aromatic heterocycles. The Morgan fingerprint density at radius 1 is 1.50 bits per heavy atom. The van der Waals surface area contributed by atoms with Crippen LogP contribution in [0.1, 0.15) is 55.6 Å². The van der Waals surface area contributed by atoms with Gasteiger partial charge in [0.2, 0.25) is 0 Å². The largest absolute Gasteiger partial charge is 0.478 e. The quantitative estimate of drug-likeness (QED) is 0.729. The third-order valence-electron chi connectivity index (χ3n) is 3.11. The lowest BCUT2D eigenvalue weighted by Gasteiger charge is -2.14. The Bertz CT molecular complexity index is 356. The van der Waals surface area contributed by atoms with Gasteiger partial charge in [0.05, 0.1) is 6.26 Å². The Kier molecular flexibility index (Phi) is 6.50. The van der Waals surface area contributed by atoms with Crippen LogP contribution in [0.3, 0.4) is 0 Å². The number of carboxylic acid groups (broad SMARTS) is 1. The summed E-state index contributed by atoms with van der Waals surface area (Å²) in [7, 11) is 0. The summed E-state index contributed by atoms with van der Waals surface area (Å²) in [6.45, 7) is 5.22. The number of aromatic carboxylic acids is 1. The third-order valence-corrected chi connectivity index (χ3v) is 3.11. The van der Waals surface area contributed by atoms with Gasteiger partial charge in [0.25, 0.3) is 0 Å². The van der Waals surface area contributed by atoms with Crippen LogP contribution in [0.4, 0.5) is 0 Å². The van der Waals surface area contributed by atoms with E-state index < -0.39 is 5.97 Å². The molecule has 0 saturated carbocycles. The summed E-state index contributed by atoms with van der Waals surface area (Å²) >= 11 is 0. The van der Waals surface area contributed by atoms with E-state index in [1.54, 1.807) is 0 Å². The topological polar surface area (TPSA) is 59.7 Å². The molecule has 1 rings (SSSR count). The van der Waals surface area contributed by atoms with Crippen LogP contribution < -0.4 is 0 Å². The van der Waals surface area contributed by atoms with E-state index in [0.29, 0.717) is 18.3 Å². The average molecular weight is 254 g/mol. The number of unbranched alkanes of at least 4 members (excludes halogenated alkanes) is 1. The van der Waals surface area contributed by atoms with E-state index in [-0.39, 0.29) is 12.2 Å². The van der Waals surface area contributed by atoms with E-state index in [4.69, 9.17) is 14.3 Å². The number of hydrogen-bond donors (Lipinski definition) is 1. The van der Waals surface area contributed by atoms with Gasteiger partial charge in [-0.25, -0.2) is 4.79 Å². The third kappa shape index (κ3) is 4.53. The number of carbonyl (C=O) groups is 1. The monoisotopic (exact) mass is 254 g/mol. The molecule has 4 heteroatoms. The average Bonchev–Trinajstić information content (AvgIpc) is 2.82. The van der Waals surface area contributed by atoms with Crippen LogP contribution in [0.25, 0.3) is 0 Å². The molecule has 1 heterocycles. The second kappa shape index (κ2) is 7.93. The molecule has 4 nitrogen and oxygen atoms in total. The fourth-order valence-corrected chi connectivity index (χ4v) is 1.86. The maximum absolute atomic E-state index is 10.9. The molecule has 0 bridgehead atoms. The predicted molar refractivity (Wildman–Crippen MR) is 68.6 cm³/mol. The Morgan fingerprint density at radius 3 is 2.89 bits per heavy atom. The molecular formula is C14H22O4. The highest BCUT2D eigenvalue weighted by atomic mass is 16.5. The summed E-state index contributed by atoms with van der Waals surface area (Å²) in [6.07, 6.45) is 6.04. The SMILES string of the molecule is CCCCC(CC)COCc1occc1C(=O)O. The van der Waals surface area contributed by atoms with Gasteiger partial charge in [-0.3, -0.25) is 0 Å². The number of hydrogen-bond acceptors (Lipinski definition) is 3. The molecule has 1 aromatic rings. The highest BCUT2D eigenvalue weighted by molar-refractivity contribution is 5.88. The first-order valence-corrected chi connectivity index (χ1v) is 6.56. The molecule has 0 fully saturated rings. The van der Waals surface area contributed by atoms with Crippen molar-refractivity contribution in [2.24, 2.45) is 5.92 Å². The number of ether oxygens (including phenoxy) is 1. The van der Waals surface area contributed by atoms with Gasteiger partial charge in [0.1, 0.15) is 17.9 Å². The Morgan fingerprint density at radius 2 is 2.28 bits per heavy atom. The van der Waals surface area contributed by atoms with Crippen LogP contribution in [0.2, 0.25) is 0 Å². The van der Waals surface area contributed by atoms with E-state index in [1.165, 1.54) is 25.2 Å². The van der Waals surface area contributed by atoms with Gasteiger partial charge < -0.3 is 14.3 Å². The van der Waals surface area contributed by atoms with Crippen molar-refractivity contribution in [3.63, 3.8) is 0 Å². The zero-order valence-corrected chi connectivity index (χ0v) is 11.1. The van der Waals surface area contributed by atoms with Crippen LogP contribution in [0, 0.1) is 5.92 Å². The van der Waals surface area contributed by atoms with Crippen molar-refractivity contribution in [2.75, 3.05) is 6.61 Å². The van der Waals surface area contributed by atoms with Gasteiger partial charge in [-0.1, -0.05) is 33.1 Å².